The number of sulfonamides is 1. The van der Waals surface area contributed by atoms with Gasteiger partial charge in [-0.15, -0.1) is 0 Å². The Balaban J connectivity index is 1.65. The van der Waals surface area contributed by atoms with Gasteiger partial charge < -0.3 is 10.1 Å². The number of benzene rings is 3. The highest BCUT2D eigenvalue weighted by Gasteiger charge is 2.37. The molecule has 0 saturated carbocycles. The molecule has 3 aromatic carbocycles. The molecule has 0 spiro atoms. The Morgan fingerprint density at radius 2 is 1.74 bits per heavy atom. The minimum absolute atomic E-state index is 0.0875. The van der Waals surface area contributed by atoms with Crippen molar-refractivity contribution in [2.24, 2.45) is 0 Å². The van der Waals surface area contributed by atoms with E-state index in [9.17, 15) is 23.3 Å². The number of nitrogens with zero attached hydrogens (tertiary/aromatic N) is 2. The Hall–Kier alpha value is -3.92. The van der Waals surface area contributed by atoms with Crippen LogP contribution < -0.4 is 14.4 Å². The first-order chi connectivity index (χ1) is 14.9. The molecule has 1 amide bonds. The molecule has 0 bridgehead atoms. The molecule has 1 heterocycles. The van der Waals surface area contributed by atoms with Crippen LogP contribution in [0.25, 0.3) is 0 Å². The van der Waals surface area contributed by atoms with E-state index in [0.29, 0.717) is 5.69 Å². The van der Waals surface area contributed by atoms with E-state index in [1.807, 2.05) is 0 Å². The van der Waals surface area contributed by atoms with E-state index >= 15 is 0 Å². The summed E-state index contributed by atoms with van der Waals surface area (Å²) in [6, 6.07) is 19.9. The number of nitro groups is 1. The topological polar surface area (TPSA) is 119 Å². The lowest BCUT2D eigenvalue weighted by atomic mass is 10.2. The number of non-ortho nitro benzene ring substituents is 1. The molecule has 3 aromatic rings. The van der Waals surface area contributed by atoms with E-state index in [1.54, 1.807) is 42.5 Å². The highest BCUT2D eigenvalue weighted by Crippen LogP contribution is 2.37. The lowest BCUT2D eigenvalue weighted by Crippen LogP contribution is -2.48. The van der Waals surface area contributed by atoms with Crippen LogP contribution in [0.15, 0.2) is 83.8 Å². The number of carbonyl (C=O) groups is 1. The molecule has 1 atom stereocenters. The number of amides is 1. The van der Waals surface area contributed by atoms with Gasteiger partial charge in [0.05, 0.1) is 22.1 Å². The number of para-hydroxylation sites is 2. The Morgan fingerprint density at radius 3 is 2.48 bits per heavy atom. The van der Waals surface area contributed by atoms with E-state index < -0.39 is 27.0 Å². The van der Waals surface area contributed by atoms with Crippen LogP contribution in [0, 0.1) is 10.1 Å². The Kier molecular flexibility index (Phi) is 5.30. The number of anilines is 2. The quantitative estimate of drug-likeness (QED) is 0.482. The van der Waals surface area contributed by atoms with E-state index in [-0.39, 0.29) is 28.6 Å². The summed E-state index contributed by atoms with van der Waals surface area (Å²) in [5.41, 5.74) is 0.353. The molecule has 0 fully saturated rings. The third kappa shape index (κ3) is 4.05. The number of nitrogens with one attached hydrogen (secondary N) is 1. The molecule has 4 rings (SSSR count). The lowest BCUT2D eigenvalue weighted by molar-refractivity contribution is -0.384. The van der Waals surface area contributed by atoms with E-state index in [0.717, 1.165) is 4.31 Å². The normalized spacial score (nSPS) is 15.5. The average Bonchev–Trinajstić information content (AvgIpc) is 2.79. The van der Waals surface area contributed by atoms with Crippen molar-refractivity contribution in [3.8, 4) is 5.75 Å². The van der Waals surface area contributed by atoms with Gasteiger partial charge in [0.15, 0.2) is 6.10 Å². The monoisotopic (exact) mass is 439 g/mol. The van der Waals surface area contributed by atoms with Gasteiger partial charge >= 0.3 is 0 Å². The first-order valence-electron chi connectivity index (χ1n) is 9.25. The predicted octanol–water partition coefficient (Wildman–Crippen LogP) is 3.19. The summed E-state index contributed by atoms with van der Waals surface area (Å²) in [7, 11) is -3.95. The van der Waals surface area contributed by atoms with Gasteiger partial charge in [-0.05, 0) is 30.3 Å². The van der Waals surface area contributed by atoms with Gasteiger partial charge in [-0.1, -0.05) is 36.4 Å². The number of nitro benzene ring substituents is 1. The molecule has 0 aromatic heterocycles. The van der Waals surface area contributed by atoms with E-state index in [1.165, 1.54) is 36.4 Å². The largest absolute Gasteiger partial charge is 0.476 e. The summed E-state index contributed by atoms with van der Waals surface area (Å²) in [6.45, 7) is -0.255. The second-order valence-electron chi connectivity index (χ2n) is 6.72. The van der Waals surface area contributed by atoms with Crippen LogP contribution in [0.3, 0.4) is 0 Å². The van der Waals surface area contributed by atoms with Crippen molar-refractivity contribution < 1.29 is 22.9 Å². The standard InChI is InChI=1S/C21H17N3O6S/c25-21(22-15-7-6-8-16(13-15)24(26)27)20-14-23(18-11-4-5-12-19(18)30-20)31(28,29)17-9-2-1-3-10-17/h1-13,20H,14H2,(H,22,25). The highest BCUT2D eigenvalue weighted by atomic mass is 32.2. The van der Waals surface area contributed by atoms with Gasteiger partial charge in [0, 0.05) is 17.8 Å². The number of hydrogen-bond donors (Lipinski definition) is 1. The van der Waals surface area contributed by atoms with Gasteiger partial charge in [0.1, 0.15) is 5.75 Å². The van der Waals surface area contributed by atoms with Gasteiger partial charge in [0.25, 0.3) is 21.6 Å². The summed E-state index contributed by atoms with van der Waals surface area (Å²) in [5, 5.41) is 13.5. The number of rotatable bonds is 5. The molecular weight excluding hydrogens is 422 g/mol. The number of ether oxygens (including phenoxy) is 1. The van der Waals surface area contributed by atoms with Crippen LogP contribution in [-0.2, 0) is 14.8 Å². The maximum absolute atomic E-state index is 13.3. The summed E-state index contributed by atoms with van der Waals surface area (Å²) < 4.78 is 33.4. The SMILES string of the molecule is O=C(Nc1cccc([N+](=O)[O-])c1)C1CN(S(=O)(=O)c2ccccc2)c2ccccc2O1. The van der Waals surface area contributed by atoms with Crippen LogP contribution in [0.2, 0.25) is 0 Å². The fourth-order valence-corrected chi connectivity index (χ4v) is 4.70. The second kappa shape index (κ2) is 8.07. The van der Waals surface area contributed by atoms with Crippen molar-refractivity contribution in [2.45, 2.75) is 11.0 Å². The van der Waals surface area contributed by atoms with Crippen molar-refractivity contribution in [3.05, 3.63) is 89.0 Å². The molecule has 1 N–H and O–H groups in total. The maximum Gasteiger partial charge on any atom is 0.271 e. The van der Waals surface area contributed by atoms with Crippen molar-refractivity contribution in [1.82, 2.24) is 0 Å². The zero-order chi connectivity index (χ0) is 22.0. The zero-order valence-electron chi connectivity index (χ0n) is 16.0. The summed E-state index contributed by atoms with van der Waals surface area (Å²) in [4.78, 5) is 23.3. The van der Waals surface area contributed by atoms with Crippen LogP contribution in [0.4, 0.5) is 17.1 Å². The van der Waals surface area contributed by atoms with Gasteiger partial charge in [0.2, 0.25) is 0 Å². The number of hydrogen-bond acceptors (Lipinski definition) is 6. The molecule has 0 aliphatic carbocycles. The Bertz CT molecular complexity index is 1250. The molecule has 31 heavy (non-hydrogen) atoms. The fourth-order valence-electron chi connectivity index (χ4n) is 3.21. The molecule has 0 radical (unpaired) electrons. The predicted molar refractivity (Wildman–Crippen MR) is 114 cm³/mol. The summed E-state index contributed by atoms with van der Waals surface area (Å²) >= 11 is 0. The molecular formula is C21H17N3O6S. The molecule has 9 nitrogen and oxygen atoms in total. The molecule has 1 aliphatic heterocycles. The molecule has 158 valence electrons. The van der Waals surface area contributed by atoms with Crippen molar-refractivity contribution >= 4 is 33.0 Å². The van der Waals surface area contributed by atoms with Crippen LogP contribution in [0.5, 0.6) is 5.75 Å². The summed E-state index contributed by atoms with van der Waals surface area (Å²) in [5.74, 6) is -0.379. The van der Waals surface area contributed by atoms with Crippen molar-refractivity contribution in [3.63, 3.8) is 0 Å². The van der Waals surface area contributed by atoms with Crippen LogP contribution >= 0.6 is 0 Å². The van der Waals surface area contributed by atoms with Crippen LogP contribution in [0.1, 0.15) is 0 Å². The Morgan fingerprint density at radius 1 is 1.03 bits per heavy atom. The van der Waals surface area contributed by atoms with E-state index in [4.69, 9.17) is 4.74 Å². The third-order valence-electron chi connectivity index (χ3n) is 4.68. The molecule has 10 heteroatoms. The Labute approximate surface area is 178 Å². The van der Waals surface area contributed by atoms with E-state index in [2.05, 4.69) is 5.32 Å². The second-order valence-corrected chi connectivity index (χ2v) is 8.58. The van der Waals surface area contributed by atoms with Crippen LogP contribution in [-0.4, -0.2) is 31.9 Å². The summed E-state index contributed by atoms with van der Waals surface area (Å²) in [6.07, 6.45) is -1.16. The van der Waals surface area contributed by atoms with Gasteiger partial charge in [-0.25, -0.2) is 8.42 Å². The molecule has 0 saturated heterocycles. The van der Waals surface area contributed by atoms with Gasteiger partial charge in [-0.3, -0.25) is 19.2 Å². The molecule has 1 aliphatic rings. The fraction of sp³-hybridized carbons (Fsp3) is 0.0952. The first kappa shape index (κ1) is 20.4. The highest BCUT2D eigenvalue weighted by molar-refractivity contribution is 7.92. The number of fused-ring (bicyclic) bond motifs is 1. The smallest absolute Gasteiger partial charge is 0.271 e. The van der Waals surface area contributed by atoms with Crippen molar-refractivity contribution in [1.29, 1.82) is 0 Å². The maximum atomic E-state index is 13.3. The third-order valence-corrected chi connectivity index (χ3v) is 6.48. The minimum atomic E-state index is -3.95. The number of carbonyl (C=O) groups excluding carboxylic acids is 1. The average molecular weight is 439 g/mol. The first-order valence-corrected chi connectivity index (χ1v) is 10.7. The van der Waals surface area contributed by atoms with Crippen molar-refractivity contribution in [2.75, 3.05) is 16.2 Å². The minimum Gasteiger partial charge on any atom is -0.476 e. The molecule has 1 unspecified atom stereocenters. The van der Waals surface area contributed by atoms with Gasteiger partial charge in [-0.2, -0.15) is 0 Å². The lowest BCUT2D eigenvalue weighted by Gasteiger charge is -2.34. The zero-order valence-corrected chi connectivity index (χ0v) is 16.9.